The number of amides is 2. The Labute approximate surface area is 115 Å². The Morgan fingerprint density at radius 3 is 2.75 bits per heavy atom. The molecule has 106 valence electrons. The second kappa shape index (κ2) is 7.57. The van der Waals surface area contributed by atoms with Crippen LogP contribution in [0, 0.1) is 0 Å². The first-order chi connectivity index (χ1) is 9.51. The highest BCUT2D eigenvalue weighted by Crippen LogP contribution is 2.11. The molecule has 20 heavy (non-hydrogen) atoms. The van der Waals surface area contributed by atoms with Gasteiger partial charge in [0.05, 0.1) is 7.11 Å². The fourth-order valence-electron chi connectivity index (χ4n) is 1.29. The van der Waals surface area contributed by atoms with E-state index in [0.717, 1.165) is 6.08 Å². The van der Waals surface area contributed by atoms with Crippen LogP contribution in [0.3, 0.4) is 0 Å². The summed E-state index contributed by atoms with van der Waals surface area (Å²) in [5.74, 6) is -1.61. The molecule has 0 aliphatic heterocycles. The van der Waals surface area contributed by atoms with Gasteiger partial charge in [-0.15, -0.1) is 0 Å². The molecule has 2 amide bonds. The summed E-state index contributed by atoms with van der Waals surface area (Å²) in [6.45, 7) is -0.235. The maximum Gasteiger partial charge on any atom is 0.328 e. The predicted octanol–water partition coefficient (Wildman–Crippen LogP) is 1.08. The zero-order chi connectivity index (χ0) is 15.0. The SMILES string of the molecule is COC(=O)CNC(=O)Nc1cccc(/C=C/C(=O)O)c1. The number of hydrogen-bond acceptors (Lipinski definition) is 4. The molecule has 0 aliphatic rings. The molecule has 7 nitrogen and oxygen atoms in total. The number of urea groups is 1. The molecule has 1 aromatic carbocycles. The van der Waals surface area contributed by atoms with E-state index in [1.165, 1.54) is 13.2 Å². The molecule has 0 fully saturated rings. The summed E-state index contributed by atoms with van der Waals surface area (Å²) < 4.78 is 4.38. The lowest BCUT2D eigenvalue weighted by atomic mass is 10.2. The van der Waals surface area contributed by atoms with Gasteiger partial charge < -0.3 is 20.5 Å². The Bertz CT molecular complexity index is 539. The highest BCUT2D eigenvalue weighted by Gasteiger charge is 2.05. The van der Waals surface area contributed by atoms with Gasteiger partial charge in [-0.3, -0.25) is 4.79 Å². The second-order valence-electron chi connectivity index (χ2n) is 3.68. The third-order valence-electron chi connectivity index (χ3n) is 2.18. The quantitative estimate of drug-likeness (QED) is 0.552. The van der Waals surface area contributed by atoms with E-state index in [-0.39, 0.29) is 6.54 Å². The maximum absolute atomic E-state index is 11.5. The van der Waals surface area contributed by atoms with E-state index in [0.29, 0.717) is 11.3 Å². The molecular formula is C13H14N2O5. The number of carboxylic acid groups (broad SMARTS) is 1. The molecular weight excluding hydrogens is 264 g/mol. The van der Waals surface area contributed by atoms with Crippen molar-refractivity contribution in [3.05, 3.63) is 35.9 Å². The van der Waals surface area contributed by atoms with Crippen LogP contribution in [0.5, 0.6) is 0 Å². The van der Waals surface area contributed by atoms with Crippen LogP contribution in [-0.2, 0) is 14.3 Å². The number of carbonyl (C=O) groups is 3. The fraction of sp³-hybridized carbons (Fsp3) is 0.154. The minimum absolute atomic E-state index is 0.235. The monoisotopic (exact) mass is 278 g/mol. The van der Waals surface area contributed by atoms with Crippen LogP contribution in [-0.4, -0.2) is 36.7 Å². The summed E-state index contributed by atoms with van der Waals surface area (Å²) in [7, 11) is 1.22. The number of carboxylic acids is 1. The number of aliphatic carboxylic acids is 1. The van der Waals surface area contributed by atoms with Crippen LogP contribution >= 0.6 is 0 Å². The van der Waals surface area contributed by atoms with Crippen molar-refractivity contribution < 1.29 is 24.2 Å². The van der Waals surface area contributed by atoms with Crippen molar-refractivity contribution in [2.45, 2.75) is 0 Å². The largest absolute Gasteiger partial charge is 0.478 e. The number of nitrogens with one attached hydrogen (secondary N) is 2. The number of esters is 1. The smallest absolute Gasteiger partial charge is 0.328 e. The zero-order valence-electron chi connectivity index (χ0n) is 10.8. The van der Waals surface area contributed by atoms with Gasteiger partial charge in [0.1, 0.15) is 6.54 Å². The van der Waals surface area contributed by atoms with E-state index >= 15 is 0 Å². The number of anilines is 1. The maximum atomic E-state index is 11.5. The first-order valence-corrected chi connectivity index (χ1v) is 5.64. The second-order valence-corrected chi connectivity index (χ2v) is 3.68. The van der Waals surface area contributed by atoms with Crippen molar-refractivity contribution in [2.75, 3.05) is 19.0 Å². The van der Waals surface area contributed by atoms with Crippen LogP contribution in [0.4, 0.5) is 10.5 Å². The van der Waals surface area contributed by atoms with Crippen LogP contribution in [0.1, 0.15) is 5.56 Å². The molecule has 0 aliphatic carbocycles. The Morgan fingerprint density at radius 2 is 2.10 bits per heavy atom. The lowest BCUT2D eigenvalue weighted by molar-refractivity contribution is -0.139. The van der Waals surface area contributed by atoms with Gasteiger partial charge in [0.15, 0.2) is 0 Å². The minimum atomic E-state index is -1.06. The average molecular weight is 278 g/mol. The fourth-order valence-corrected chi connectivity index (χ4v) is 1.29. The number of hydrogen-bond donors (Lipinski definition) is 3. The number of benzene rings is 1. The zero-order valence-corrected chi connectivity index (χ0v) is 10.8. The summed E-state index contributed by atoms with van der Waals surface area (Å²) in [5.41, 5.74) is 1.10. The molecule has 0 spiro atoms. The molecule has 7 heteroatoms. The number of rotatable bonds is 5. The van der Waals surface area contributed by atoms with E-state index in [2.05, 4.69) is 15.4 Å². The summed E-state index contributed by atoms with van der Waals surface area (Å²) in [6.07, 6.45) is 2.40. The summed E-state index contributed by atoms with van der Waals surface area (Å²) in [4.78, 5) is 32.7. The average Bonchev–Trinajstić information content (AvgIpc) is 2.43. The molecule has 1 aromatic rings. The molecule has 0 saturated carbocycles. The number of methoxy groups -OCH3 is 1. The van der Waals surface area contributed by atoms with Gasteiger partial charge in [-0.25, -0.2) is 9.59 Å². The molecule has 3 N–H and O–H groups in total. The highest BCUT2D eigenvalue weighted by atomic mass is 16.5. The lowest BCUT2D eigenvalue weighted by Crippen LogP contribution is -2.33. The first-order valence-electron chi connectivity index (χ1n) is 5.64. The van der Waals surface area contributed by atoms with Gasteiger partial charge in [-0.1, -0.05) is 12.1 Å². The van der Waals surface area contributed by atoms with Gasteiger partial charge >= 0.3 is 18.0 Å². The summed E-state index contributed by atoms with van der Waals surface area (Å²) in [5, 5.41) is 13.3. The van der Waals surface area contributed by atoms with E-state index < -0.39 is 18.0 Å². The van der Waals surface area contributed by atoms with Crippen molar-refractivity contribution in [1.82, 2.24) is 5.32 Å². The Balaban J connectivity index is 2.59. The number of ether oxygens (including phenoxy) is 1. The first kappa shape index (κ1) is 15.2. The van der Waals surface area contributed by atoms with Crippen molar-refractivity contribution in [1.29, 1.82) is 0 Å². The van der Waals surface area contributed by atoms with Crippen molar-refractivity contribution in [3.8, 4) is 0 Å². The lowest BCUT2D eigenvalue weighted by Gasteiger charge is -2.07. The van der Waals surface area contributed by atoms with Crippen molar-refractivity contribution in [3.63, 3.8) is 0 Å². The molecule has 0 heterocycles. The van der Waals surface area contributed by atoms with E-state index in [1.807, 2.05) is 0 Å². The van der Waals surface area contributed by atoms with E-state index in [9.17, 15) is 14.4 Å². The summed E-state index contributed by atoms with van der Waals surface area (Å²) in [6, 6.07) is 6.02. The number of carbonyl (C=O) groups excluding carboxylic acids is 2. The third-order valence-corrected chi connectivity index (χ3v) is 2.18. The molecule has 0 unspecified atom stereocenters. The van der Waals surface area contributed by atoms with Crippen LogP contribution in [0.25, 0.3) is 6.08 Å². The topological polar surface area (TPSA) is 105 Å². The van der Waals surface area contributed by atoms with Crippen LogP contribution in [0.2, 0.25) is 0 Å². The van der Waals surface area contributed by atoms with Gasteiger partial charge in [0.2, 0.25) is 0 Å². The van der Waals surface area contributed by atoms with Gasteiger partial charge in [0, 0.05) is 11.8 Å². The van der Waals surface area contributed by atoms with Gasteiger partial charge in [0.25, 0.3) is 0 Å². The van der Waals surface area contributed by atoms with Gasteiger partial charge in [-0.05, 0) is 23.8 Å². The minimum Gasteiger partial charge on any atom is -0.478 e. The Morgan fingerprint density at radius 1 is 1.35 bits per heavy atom. The predicted molar refractivity (Wildman–Crippen MR) is 72.1 cm³/mol. The molecule has 0 atom stereocenters. The van der Waals surface area contributed by atoms with Gasteiger partial charge in [-0.2, -0.15) is 0 Å². The molecule has 0 aromatic heterocycles. The van der Waals surface area contributed by atoms with E-state index in [4.69, 9.17) is 5.11 Å². The molecule has 0 bridgehead atoms. The summed E-state index contributed by atoms with van der Waals surface area (Å²) >= 11 is 0. The molecule has 1 rings (SSSR count). The van der Waals surface area contributed by atoms with Crippen molar-refractivity contribution in [2.24, 2.45) is 0 Å². The molecule has 0 radical (unpaired) electrons. The third kappa shape index (κ3) is 5.67. The van der Waals surface area contributed by atoms with E-state index in [1.54, 1.807) is 24.3 Å². The standard InChI is InChI=1S/C13H14N2O5/c1-20-12(18)8-14-13(19)15-10-4-2-3-9(7-10)5-6-11(16)17/h2-7H,8H2,1H3,(H,16,17)(H2,14,15,19)/b6-5+. The normalized spacial score (nSPS) is 10.1. The van der Waals surface area contributed by atoms with Crippen molar-refractivity contribution >= 4 is 29.7 Å². The van der Waals surface area contributed by atoms with Crippen LogP contribution in [0.15, 0.2) is 30.3 Å². The van der Waals surface area contributed by atoms with Crippen LogP contribution < -0.4 is 10.6 Å². The Hall–Kier alpha value is -2.83. The highest BCUT2D eigenvalue weighted by molar-refractivity contribution is 5.92. The molecule has 0 saturated heterocycles. The Kier molecular flexibility index (Phi) is 5.76.